The van der Waals surface area contributed by atoms with Gasteiger partial charge in [0.05, 0.1) is 0 Å². The molecule has 1 aromatic heterocycles. The van der Waals surface area contributed by atoms with Crippen LogP contribution in [0.1, 0.15) is 64.6 Å². The number of aliphatic imine (C=N–C) groups is 1. The Bertz CT molecular complexity index is 461. The lowest BCUT2D eigenvalue weighted by Gasteiger charge is -2.17. The monoisotopic (exact) mass is 320 g/mol. The average molecular weight is 320 g/mol. The van der Waals surface area contributed by atoms with Crippen LogP contribution in [0.4, 0.5) is 0 Å². The molecule has 23 heavy (non-hydrogen) atoms. The summed E-state index contributed by atoms with van der Waals surface area (Å²) in [5, 5.41) is 15.2. The molecule has 1 aromatic rings. The van der Waals surface area contributed by atoms with Gasteiger partial charge < -0.3 is 15.2 Å². The van der Waals surface area contributed by atoms with Crippen molar-refractivity contribution in [3.63, 3.8) is 0 Å². The summed E-state index contributed by atoms with van der Waals surface area (Å²) in [4.78, 5) is 4.74. The highest BCUT2D eigenvalue weighted by Crippen LogP contribution is 2.17. The Balaban J connectivity index is 1.80. The Labute approximate surface area is 140 Å². The fourth-order valence-electron chi connectivity index (χ4n) is 3.00. The highest BCUT2D eigenvalue weighted by molar-refractivity contribution is 5.80. The van der Waals surface area contributed by atoms with E-state index in [-0.39, 0.29) is 0 Å². The van der Waals surface area contributed by atoms with E-state index in [4.69, 9.17) is 4.99 Å². The van der Waals surface area contributed by atoms with Crippen LogP contribution in [0.3, 0.4) is 0 Å². The van der Waals surface area contributed by atoms with Gasteiger partial charge in [-0.3, -0.25) is 4.99 Å². The topological polar surface area (TPSA) is 67.1 Å². The smallest absolute Gasteiger partial charge is 0.191 e. The molecule has 130 valence electrons. The van der Waals surface area contributed by atoms with Crippen LogP contribution in [0.5, 0.6) is 0 Å². The lowest BCUT2D eigenvalue weighted by molar-refractivity contribution is 0.591. The van der Waals surface area contributed by atoms with E-state index >= 15 is 0 Å². The zero-order valence-electron chi connectivity index (χ0n) is 14.7. The molecule has 0 unspecified atom stereocenters. The van der Waals surface area contributed by atoms with E-state index in [9.17, 15) is 0 Å². The van der Waals surface area contributed by atoms with Gasteiger partial charge in [0.15, 0.2) is 5.96 Å². The molecule has 0 radical (unpaired) electrons. The molecule has 1 saturated carbocycles. The molecule has 0 saturated heterocycles. The standard InChI is InChI=1S/C17H32N6/c1-3-5-8-11-18-17(21-15-9-6-7-10-15)19-12-13-23-14-20-22-16(23)4-2/h14-15H,3-13H2,1-2H3,(H2,18,19,21). The van der Waals surface area contributed by atoms with Gasteiger partial charge in [-0.05, 0) is 19.3 Å². The quantitative estimate of drug-likeness (QED) is 0.417. The molecular weight excluding hydrogens is 288 g/mol. The number of aromatic nitrogens is 3. The number of aryl methyl sites for hydroxylation is 1. The van der Waals surface area contributed by atoms with Crippen molar-refractivity contribution in [1.29, 1.82) is 0 Å². The number of nitrogens with zero attached hydrogens (tertiary/aromatic N) is 4. The van der Waals surface area contributed by atoms with Crippen LogP contribution >= 0.6 is 0 Å². The molecule has 1 heterocycles. The SMILES string of the molecule is CCCCCN=C(NCCn1cnnc1CC)NC1CCCC1. The number of hydrogen-bond acceptors (Lipinski definition) is 3. The third-order valence-electron chi connectivity index (χ3n) is 4.38. The molecule has 0 bridgehead atoms. The molecule has 1 aliphatic rings. The summed E-state index contributed by atoms with van der Waals surface area (Å²) in [7, 11) is 0. The van der Waals surface area contributed by atoms with Gasteiger partial charge in [-0.2, -0.15) is 0 Å². The third-order valence-corrected chi connectivity index (χ3v) is 4.38. The van der Waals surface area contributed by atoms with E-state index in [1.54, 1.807) is 0 Å². The zero-order valence-corrected chi connectivity index (χ0v) is 14.7. The molecular formula is C17H32N6. The molecule has 1 fully saturated rings. The van der Waals surface area contributed by atoms with E-state index < -0.39 is 0 Å². The largest absolute Gasteiger partial charge is 0.355 e. The summed E-state index contributed by atoms with van der Waals surface area (Å²) in [5.41, 5.74) is 0. The van der Waals surface area contributed by atoms with Crippen LogP contribution < -0.4 is 10.6 Å². The maximum absolute atomic E-state index is 4.74. The second kappa shape index (κ2) is 10.2. The first-order chi connectivity index (χ1) is 11.3. The van der Waals surface area contributed by atoms with Crippen LogP contribution in [0.2, 0.25) is 0 Å². The van der Waals surface area contributed by atoms with Crippen molar-refractivity contribution in [2.75, 3.05) is 13.1 Å². The van der Waals surface area contributed by atoms with Gasteiger partial charge in [-0.15, -0.1) is 10.2 Å². The van der Waals surface area contributed by atoms with Gasteiger partial charge in [0.1, 0.15) is 12.2 Å². The van der Waals surface area contributed by atoms with Gasteiger partial charge >= 0.3 is 0 Å². The van der Waals surface area contributed by atoms with Crippen molar-refractivity contribution >= 4 is 5.96 Å². The highest BCUT2D eigenvalue weighted by atomic mass is 15.3. The normalized spacial score (nSPS) is 16.0. The number of nitrogens with one attached hydrogen (secondary N) is 2. The Morgan fingerprint density at radius 3 is 2.87 bits per heavy atom. The lowest BCUT2D eigenvalue weighted by Crippen LogP contribution is -2.43. The summed E-state index contributed by atoms with van der Waals surface area (Å²) in [6.07, 6.45) is 11.6. The number of guanidine groups is 1. The summed E-state index contributed by atoms with van der Waals surface area (Å²) < 4.78 is 2.11. The van der Waals surface area contributed by atoms with E-state index in [2.05, 4.69) is 39.2 Å². The van der Waals surface area contributed by atoms with Crippen molar-refractivity contribution in [3.8, 4) is 0 Å². The van der Waals surface area contributed by atoms with Gasteiger partial charge in [0.2, 0.25) is 0 Å². The van der Waals surface area contributed by atoms with Crippen molar-refractivity contribution < 1.29 is 0 Å². The van der Waals surface area contributed by atoms with E-state index in [1.807, 2.05) is 6.33 Å². The first kappa shape index (κ1) is 17.8. The Kier molecular flexibility index (Phi) is 7.90. The second-order valence-electron chi connectivity index (χ2n) is 6.28. The van der Waals surface area contributed by atoms with Gasteiger partial charge in [-0.1, -0.05) is 39.5 Å². The van der Waals surface area contributed by atoms with Crippen molar-refractivity contribution in [1.82, 2.24) is 25.4 Å². The second-order valence-corrected chi connectivity index (χ2v) is 6.28. The molecule has 2 N–H and O–H groups in total. The fraction of sp³-hybridized carbons (Fsp3) is 0.824. The van der Waals surface area contributed by atoms with Crippen LogP contribution in [0.25, 0.3) is 0 Å². The molecule has 2 rings (SSSR count). The molecule has 6 nitrogen and oxygen atoms in total. The molecule has 0 spiro atoms. The van der Waals surface area contributed by atoms with Crippen LogP contribution in [-0.2, 0) is 13.0 Å². The summed E-state index contributed by atoms with van der Waals surface area (Å²) in [5.74, 6) is 2.01. The minimum Gasteiger partial charge on any atom is -0.355 e. The van der Waals surface area contributed by atoms with E-state index in [1.165, 1.54) is 44.9 Å². The van der Waals surface area contributed by atoms with Crippen molar-refractivity contribution in [3.05, 3.63) is 12.2 Å². The summed E-state index contributed by atoms with van der Waals surface area (Å²) >= 11 is 0. The number of hydrogen-bond donors (Lipinski definition) is 2. The highest BCUT2D eigenvalue weighted by Gasteiger charge is 2.15. The first-order valence-corrected chi connectivity index (χ1v) is 9.25. The average Bonchev–Trinajstić information content (AvgIpc) is 3.22. The number of rotatable bonds is 9. The minimum absolute atomic E-state index is 0.591. The molecule has 0 aliphatic heterocycles. The Hall–Kier alpha value is -1.59. The maximum atomic E-state index is 4.74. The molecule has 0 amide bonds. The van der Waals surface area contributed by atoms with Crippen LogP contribution in [-0.4, -0.2) is 39.9 Å². The van der Waals surface area contributed by atoms with Crippen molar-refractivity contribution in [2.45, 2.75) is 77.8 Å². The van der Waals surface area contributed by atoms with Crippen LogP contribution in [0, 0.1) is 0 Å². The van der Waals surface area contributed by atoms with E-state index in [0.717, 1.165) is 37.8 Å². The van der Waals surface area contributed by atoms with Crippen LogP contribution in [0.15, 0.2) is 11.3 Å². The molecule has 1 aliphatic carbocycles. The zero-order chi connectivity index (χ0) is 16.3. The van der Waals surface area contributed by atoms with E-state index in [0.29, 0.717) is 6.04 Å². The molecule has 0 aromatic carbocycles. The molecule has 6 heteroatoms. The van der Waals surface area contributed by atoms with Crippen molar-refractivity contribution in [2.24, 2.45) is 4.99 Å². The van der Waals surface area contributed by atoms with Gasteiger partial charge in [-0.25, -0.2) is 0 Å². The summed E-state index contributed by atoms with van der Waals surface area (Å²) in [6, 6.07) is 0.591. The Morgan fingerprint density at radius 2 is 2.13 bits per heavy atom. The lowest BCUT2D eigenvalue weighted by atomic mass is 10.2. The van der Waals surface area contributed by atoms with Gasteiger partial charge in [0, 0.05) is 32.1 Å². The third kappa shape index (κ3) is 6.20. The summed E-state index contributed by atoms with van der Waals surface area (Å²) in [6.45, 7) is 6.96. The molecule has 0 atom stereocenters. The maximum Gasteiger partial charge on any atom is 0.191 e. The predicted octanol–water partition coefficient (Wildman–Crippen LogP) is 2.51. The minimum atomic E-state index is 0.591. The predicted molar refractivity (Wildman–Crippen MR) is 94.6 cm³/mol. The Morgan fingerprint density at radius 1 is 1.30 bits per heavy atom. The first-order valence-electron chi connectivity index (χ1n) is 9.25. The number of unbranched alkanes of at least 4 members (excludes halogenated alkanes) is 2. The fourth-order valence-corrected chi connectivity index (χ4v) is 3.00. The van der Waals surface area contributed by atoms with Gasteiger partial charge in [0.25, 0.3) is 0 Å².